The molecule has 1 atom stereocenters. The van der Waals surface area contributed by atoms with Crippen LogP contribution in [0.15, 0.2) is 29.2 Å². The fraction of sp³-hybridized carbons (Fsp3) is 0.647. The maximum atomic E-state index is 10.7. The largest absolute Gasteiger partial charge is 1.00 e. The number of unbranched alkanes of at least 4 members (excludes halogenated alkanes) is 8. The van der Waals surface area contributed by atoms with E-state index < -0.39 is 11.1 Å². The van der Waals surface area contributed by atoms with Gasteiger partial charge in [0.25, 0.3) is 0 Å². The molecule has 1 aromatic carbocycles. The summed E-state index contributed by atoms with van der Waals surface area (Å²) in [4.78, 5) is 0.376. The van der Waals surface area contributed by atoms with Gasteiger partial charge in [0.15, 0.2) is 0 Å². The first-order valence-electron chi connectivity index (χ1n) is 7.92. The van der Waals surface area contributed by atoms with Gasteiger partial charge in [0.1, 0.15) is 0 Å². The SMILES string of the molecule is CCCCCCCCCCCc1ccc(S(=O)[O-])cc1.[Na+]. The Hall–Kier alpha value is 0.330. The molecule has 0 aromatic heterocycles. The molecule has 0 radical (unpaired) electrons. The van der Waals surface area contributed by atoms with E-state index in [0.29, 0.717) is 4.90 Å². The van der Waals surface area contributed by atoms with Gasteiger partial charge < -0.3 is 4.55 Å². The summed E-state index contributed by atoms with van der Waals surface area (Å²) in [5.41, 5.74) is 1.24. The molecule has 0 heterocycles. The summed E-state index contributed by atoms with van der Waals surface area (Å²) in [7, 11) is 0. The molecule has 0 aliphatic rings. The Morgan fingerprint density at radius 1 is 0.857 bits per heavy atom. The Kier molecular flexibility index (Phi) is 14.2. The second-order valence-corrected chi connectivity index (χ2v) is 6.40. The van der Waals surface area contributed by atoms with Crippen molar-refractivity contribution in [1.29, 1.82) is 0 Å². The molecule has 0 N–H and O–H groups in total. The molecule has 0 spiro atoms. The molecular formula is C17H27NaO2S. The third-order valence-electron chi connectivity index (χ3n) is 3.68. The molecule has 0 aliphatic carbocycles. The van der Waals surface area contributed by atoms with Crippen LogP contribution in [0.1, 0.15) is 70.3 Å². The van der Waals surface area contributed by atoms with Crippen molar-refractivity contribution in [2.45, 2.75) is 76.0 Å². The van der Waals surface area contributed by atoms with Crippen LogP contribution in [-0.2, 0) is 17.5 Å². The van der Waals surface area contributed by atoms with Gasteiger partial charge in [-0.25, -0.2) is 0 Å². The molecule has 114 valence electrons. The Morgan fingerprint density at radius 2 is 1.33 bits per heavy atom. The smallest absolute Gasteiger partial charge is 0.768 e. The summed E-state index contributed by atoms with van der Waals surface area (Å²) in [5, 5.41) is 0. The van der Waals surface area contributed by atoms with Crippen LogP contribution in [-0.4, -0.2) is 8.76 Å². The van der Waals surface area contributed by atoms with E-state index in [1.807, 2.05) is 12.1 Å². The molecule has 0 bridgehead atoms. The Bertz CT molecular complexity index is 379. The minimum absolute atomic E-state index is 0. The normalized spacial score (nSPS) is 11.9. The fourth-order valence-electron chi connectivity index (χ4n) is 2.41. The van der Waals surface area contributed by atoms with E-state index in [2.05, 4.69) is 6.92 Å². The molecule has 0 saturated carbocycles. The Labute approximate surface area is 154 Å². The fourth-order valence-corrected chi connectivity index (χ4v) is 2.77. The van der Waals surface area contributed by atoms with Gasteiger partial charge in [-0.1, -0.05) is 70.4 Å². The van der Waals surface area contributed by atoms with E-state index in [1.54, 1.807) is 12.1 Å². The second-order valence-electron chi connectivity index (χ2n) is 5.46. The Morgan fingerprint density at radius 3 is 1.81 bits per heavy atom. The summed E-state index contributed by atoms with van der Waals surface area (Å²) in [6.07, 6.45) is 13.1. The monoisotopic (exact) mass is 318 g/mol. The van der Waals surface area contributed by atoms with Crippen LogP contribution < -0.4 is 29.6 Å². The van der Waals surface area contributed by atoms with Gasteiger partial charge >= 0.3 is 29.6 Å². The van der Waals surface area contributed by atoms with Crippen molar-refractivity contribution in [2.75, 3.05) is 0 Å². The van der Waals surface area contributed by atoms with E-state index in [9.17, 15) is 8.76 Å². The van der Waals surface area contributed by atoms with Crippen molar-refractivity contribution in [1.82, 2.24) is 0 Å². The van der Waals surface area contributed by atoms with Crippen LogP contribution in [0.25, 0.3) is 0 Å². The van der Waals surface area contributed by atoms with Crippen LogP contribution in [0.4, 0.5) is 0 Å². The summed E-state index contributed by atoms with van der Waals surface area (Å²) in [5.74, 6) is 0. The van der Waals surface area contributed by atoms with Gasteiger partial charge in [0, 0.05) is 4.90 Å². The molecule has 1 unspecified atom stereocenters. The zero-order valence-corrected chi connectivity index (χ0v) is 16.4. The van der Waals surface area contributed by atoms with E-state index in [4.69, 9.17) is 0 Å². The summed E-state index contributed by atoms with van der Waals surface area (Å²) < 4.78 is 21.5. The molecule has 0 amide bonds. The average Bonchev–Trinajstić information content (AvgIpc) is 2.46. The predicted octanol–water partition coefficient (Wildman–Crippen LogP) is 2.00. The van der Waals surface area contributed by atoms with E-state index in [0.717, 1.165) is 6.42 Å². The van der Waals surface area contributed by atoms with Crippen molar-refractivity contribution in [3.63, 3.8) is 0 Å². The quantitative estimate of drug-likeness (QED) is 0.356. The first kappa shape index (κ1) is 21.3. The molecule has 0 fully saturated rings. The van der Waals surface area contributed by atoms with Crippen molar-refractivity contribution >= 4 is 11.1 Å². The minimum atomic E-state index is -2.10. The molecule has 2 nitrogen and oxygen atoms in total. The van der Waals surface area contributed by atoms with Gasteiger partial charge in [-0.3, -0.25) is 4.21 Å². The molecule has 1 aromatic rings. The van der Waals surface area contributed by atoms with Crippen molar-refractivity contribution < 1.29 is 38.3 Å². The number of hydrogen-bond acceptors (Lipinski definition) is 2. The molecule has 1 rings (SSSR count). The molecule has 4 heteroatoms. The van der Waals surface area contributed by atoms with Crippen LogP contribution in [0.2, 0.25) is 0 Å². The summed E-state index contributed by atoms with van der Waals surface area (Å²) in [6, 6.07) is 7.23. The second kappa shape index (κ2) is 14.0. The maximum absolute atomic E-state index is 10.7. The van der Waals surface area contributed by atoms with Crippen molar-refractivity contribution in [2.24, 2.45) is 0 Å². The average molecular weight is 318 g/mol. The van der Waals surface area contributed by atoms with Crippen LogP contribution in [0.5, 0.6) is 0 Å². The Balaban J connectivity index is 0.00000400. The van der Waals surface area contributed by atoms with Gasteiger partial charge in [-0.15, -0.1) is 0 Å². The van der Waals surface area contributed by atoms with Crippen LogP contribution >= 0.6 is 0 Å². The minimum Gasteiger partial charge on any atom is -0.768 e. The third kappa shape index (κ3) is 10.6. The van der Waals surface area contributed by atoms with Gasteiger partial charge in [0.2, 0.25) is 0 Å². The molecule has 0 saturated heterocycles. The van der Waals surface area contributed by atoms with Crippen LogP contribution in [0, 0.1) is 0 Å². The first-order valence-corrected chi connectivity index (χ1v) is 8.99. The molecular weight excluding hydrogens is 291 g/mol. The number of benzene rings is 1. The summed E-state index contributed by atoms with van der Waals surface area (Å²) in [6.45, 7) is 2.25. The van der Waals surface area contributed by atoms with Gasteiger partial charge in [-0.2, -0.15) is 0 Å². The van der Waals surface area contributed by atoms with Crippen LogP contribution in [0.3, 0.4) is 0 Å². The zero-order chi connectivity index (χ0) is 14.6. The van der Waals surface area contributed by atoms with E-state index in [-0.39, 0.29) is 29.6 Å². The van der Waals surface area contributed by atoms with E-state index in [1.165, 1.54) is 63.4 Å². The van der Waals surface area contributed by atoms with E-state index >= 15 is 0 Å². The third-order valence-corrected chi connectivity index (χ3v) is 4.34. The topological polar surface area (TPSA) is 40.1 Å². The maximum Gasteiger partial charge on any atom is 1.00 e. The zero-order valence-electron chi connectivity index (χ0n) is 13.6. The first-order chi connectivity index (χ1) is 9.74. The standard InChI is InChI=1S/C17H28O2S.Na/c1-2-3-4-5-6-7-8-9-10-11-16-12-14-17(15-13-16)20(18)19;/h12-15H,2-11H2,1H3,(H,18,19);/q;+1/p-1. The number of aryl methyl sites for hydroxylation is 1. The molecule has 0 aliphatic heterocycles. The van der Waals surface area contributed by atoms with Crippen molar-refractivity contribution in [3.05, 3.63) is 29.8 Å². The van der Waals surface area contributed by atoms with Gasteiger partial charge in [-0.05, 0) is 41.6 Å². The van der Waals surface area contributed by atoms with Crippen molar-refractivity contribution in [3.8, 4) is 0 Å². The summed E-state index contributed by atoms with van der Waals surface area (Å²) >= 11 is -2.10. The predicted molar refractivity (Wildman–Crippen MR) is 84.6 cm³/mol. The van der Waals surface area contributed by atoms with Gasteiger partial charge in [0.05, 0.1) is 0 Å². The number of rotatable bonds is 11. The number of hydrogen-bond donors (Lipinski definition) is 0. The molecule has 21 heavy (non-hydrogen) atoms.